The number of para-hydroxylation sites is 1. The van der Waals surface area contributed by atoms with Crippen molar-refractivity contribution in [3.8, 4) is 11.1 Å². The molecule has 2 N–H and O–H groups in total. The molecule has 4 heteroatoms. The highest BCUT2D eigenvalue weighted by Gasteiger charge is 2.28. The Morgan fingerprint density at radius 3 is 2.15 bits per heavy atom. The lowest BCUT2D eigenvalue weighted by atomic mass is 9.95. The number of hydrogen-bond acceptors (Lipinski definition) is 4. The number of fused-ring (bicyclic) bond motifs is 4. The molecule has 0 aliphatic carbocycles. The fraction of sp³-hybridized carbons (Fsp3) is 0.0541. The molecule has 1 aliphatic heterocycles. The van der Waals surface area contributed by atoms with Gasteiger partial charge in [0.25, 0.3) is 0 Å². The van der Waals surface area contributed by atoms with Crippen molar-refractivity contribution in [1.29, 1.82) is 0 Å². The third kappa shape index (κ3) is 4.26. The topological polar surface area (TPSA) is 49.6 Å². The largest absolute Gasteiger partial charge is 0.456 e. The lowest BCUT2D eigenvalue weighted by molar-refractivity contribution is 0.410. The summed E-state index contributed by atoms with van der Waals surface area (Å²) in [6, 6.07) is 48.6. The molecule has 4 nitrogen and oxygen atoms in total. The fourth-order valence-corrected chi connectivity index (χ4v) is 5.92. The Morgan fingerprint density at radius 2 is 1.29 bits per heavy atom. The molecule has 2 atom stereocenters. The number of nitrogens with zero attached hydrogens (tertiary/aromatic N) is 1. The van der Waals surface area contributed by atoms with Gasteiger partial charge in [0.05, 0.1) is 0 Å². The highest BCUT2D eigenvalue weighted by atomic mass is 16.3. The van der Waals surface area contributed by atoms with Crippen LogP contribution >= 0.6 is 0 Å². The lowest BCUT2D eigenvalue weighted by Gasteiger charge is -2.32. The van der Waals surface area contributed by atoms with Crippen molar-refractivity contribution in [1.82, 2.24) is 10.6 Å². The van der Waals surface area contributed by atoms with E-state index in [2.05, 4.69) is 126 Å². The molecule has 0 saturated carbocycles. The van der Waals surface area contributed by atoms with E-state index < -0.39 is 0 Å². The van der Waals surface area contributed by atoms with Crippen molar-refractivity contribution in [3.05, 3.63) is 156 Å². The van der Waals surface area contributed by atoms with Gasteiger partial charge in [-0.25, -0.2) is 4.99 Å². The second-order valence-electron chi connectivity index (χ2n) is 10.5. The van der Waals surface area contributed by atoms with Crippen molar-refractivity contribution in [2.45, 2.75) is 12.3 Å². The van der Waals surface area contributed by atoms with E-state index in [0.29, 0.717) is 0 Å². The molecular weight excluding hydrogens is 502 g/mol. The predicted octanol–water partition coefficient (Wildman–Crippen LogP) is 8.74. The molecule has 6 aromatic carbocycles. The second-order valence-corrected chi connectivity index (χ2v) is 10.5. The predicted molar refractivity (Wildman–Crippen MR) is 168 cm³/mol. The normalized spacial score (nSPS) is 17.0. The van der Waals surface area contributed by atoms with Crippen LogP contribution in [0.5, 0.6) is 0 Å². The molecule has 41 heavy (non-hydrogen) atoms. The number of aliphatic imine (C=N–C) groups is 1. The van der Waals surface area contributed by atoms with E-state index >= 15 is 0 Å². The van der Waals surface area contributed by atoms with E-state index in [1.54, 1.807) is 0 Å². The van der Waals surface area contributed by atoms with Crippen LogP contribution in [0, 0.1) is 0 Å². The molecule has 0 amide bonds. The smallest absolute Gasteiger partial charge is 0.136 e. The van der Waals surface area contributed by atoms with Gasteiger partial charge in [-0.3, -0.25) is 5.32 Å². The van der Waals surface area contributed by atoms with Gasteiger partial charge in [-0.1, -0.05) is 115 Å². The van der Waals surface area contributed by atoms with E-state index in [4.69, 9.17) is 9.41 Å². The highest BCUT2D eigenvalue weighted by molar-refractivity contribution is 6.08. The van der Waals surface area contributed by atoms with Gasteiger partial charge in [-0.15, -0.1) is 0 Å². The third-order valence-corrected chi connectivity index (χ3v) is 7.93. The van der Waals surface area contributed by atoms with Crippen molar-refractivity contribution >= 4 is 38.5 Å². The number of rotatable bonds is 4. The van der Waals surface area contributed by atoms with E-state index in [-0.39, 0.29) is 12.3 Å². The van der Waals surface area contributed by atoms with Crippen LogP contribution in [-0.2, 0) is 0 Å². The van der Waals surface area contributed by atoms with Crippen molar-refractivity contribution in [2.75, 3.05) is 0 Å². The summed E-state index contributed by atoms with van der Waals surface area (Å²) in [5.41, 5.74) is 7.28. The maximum Gasteiger partial charge on any atom is 0.136 e. The van der Waals surface area contributed by atoms with Crippen molar-refractivity contribution in [2.24, 2.45) is 4.99 Å². The number of amidine groups is 1. The Balaban J connectivity index is 1.35. The Kier molecular flexibility index (Phi) is 5.64. The first-order valence-electron chi connectivity index (χ1n) is 14.0. The molecule has 2 heterocycles. The summed E-state index contributed by atoms with van der Waals surface area (Å²) in [6.45, 7) is 0. The Hall–Kier alpha value is -5.19. The van der Waals surface area contributed by atoms with Gasteiger partial charge in [0.15, 0.2) is 0 Å². The first-order valence-corrected chi connectivity index (χ1v) is 14.0. The Bertz CT molecular complexity index is 2060. The molecule has 0 spiro atoms. The van der Waals surface area contributed by atoms with Crippen molar-refractivity contribution in [3.63, 3.8) is 0 Å². The summed E-state index contributed by atoms with van der Waals surface area (Å²) >= 11 is 0. The zero-order valence-corrected chi connectivity index (χ0v) is 22.3. The third-order valence-electron chi connectivity index (χ3n) is 7.93. The Morgan fingerprint density at radius 1 is 0.561 bits per heavy atom. The zero-order valence-electron chi connectivity index (χ0n) is 22.3. The standard InChI is InChI=1S/C37H27N3O/c1-3-12-25(13-4-1)35-38-36(26-14-5-2-6-15-26)40-37(39-35)31-22-29(28-20-19-24-11-7-8-16-27(24)21-28)23-33-34(31)30-17-9-10-18-32(30)41-33/h1-23,35,37,39H,(H,38,40). The summed E-state index contributed by atoms with van der Waals surface area (Å²) in [4.78, 5) is 5.27. The average molecular weight is 530 g/mol. The van der Waals surface area contributed by atoms with Crippen LogP contribution < -0.4 is 10.6 Å². The maximum atomic E-state index is 6.46. The van der Waals surface area contributed by atoms with Crippen LogP contribution in [0.4, 0.5) is 0 Å². The van der Waals surface area contributed by atoms with Gasteiger partial charge >= 0.3 is 0 Å². The average Bonchev–Trinajstić information content (AvgIpc) is 3.43. The molecule has 0 fully saturated rings. The SMILES string of the molecule is c1ccc(C2=NC(c3cc(-c4ccc5ccccc5c4)cc4oc5ccccc5c34)NC(c3ccccc3)N2)cc1. The molecular formula is C37H27N3O. The monoisotopic (exact) mass is 529 g/mol. The van der Waals surface area contributed by atoms with Gasteiger partial charge in [0.2, 0.25) is 0 Å². The first kappa shape index (κ1) is 23.7. The van der Waals surface area contributed by atoms with E-state index in [9.17, 15) is 0 Å². The van der Waals surface area contributed by atoms with E-state index in [1.807, 2.05) is 24.3 Å². The number of benzene rings is 6. The summed E-state index contributed by atoms with van der Waals surface area (Å²) in [5, 5.41) is 12.1. The van der Waals surface area contributed by atoms with Gasteiger partial charge < -0.3 is 9.73 Å². The quantitative estimate of drug-likeness (QED) is 0.240. The van der Waals surface area contributed by atoms with Gasteiger partial charge in [0, 0.05) is 21.9 Å². The van der Waals surface area contributed by atoms with Crippen LogP contribution in [0.15, 0.2) is 149 Å². The number of nitrogens with one attached hydrogen (secondary N) is 2. The first-order chi connectivity index (χ1) is 20.3. The minimum atomic E-state index is -0.305. The highest BCUT2D eigenvalue weighted by Crippen LogP contribution is 2.40. The van der Waals surface area contributed by atoms with Gasteiger partial charge in [-0.05, 0) is 51.7 Å². The molecule has 8 rings (SSSR count). The lowest BCUT2D eigenvalue weighted by Crippen LogP contribution is -2.45. The zero-order chi connectivity index (χ0) is 27.2. The van der Waals surface area contributed by atoms with Crippen LogP contribution in [0.1, 0.15) is 29.0 Å². The van der Waals surface area contributed by atoms with Crippen LogP contribution in [-0.4, -0.2) is 5.84 Å². The molecule has 1 aromatic heterocycles. The van der Waals surface area contributed by atoms with Crippen LogP contribution in [0.25, 0.3) is 43.8 Å². The number of hydrogen-bond donors (Lipinski definition) is 2. The molecule has 0 bridgehead atoms. The minimum absolute atomic E-state index is 0.119. The van der Waals surface area contributed by atoms with E-state index in [0.717, 1.165) is 55.6 Å². The van der Waals surface area contributed by atoms with Crippen LogP contribution in [0.3, 0.4) is 0 Å². The minimum Gasteiger partial charge on any atom is -0.456 e. The number of furan rings is 1. The molecule has 2 unspecified atom stereocenters. The molecule has 0 radical (unpaired) electrons. The van der Waals surface area contributed by atoms with E-state index in [1.165, 1.54) is 10.8 Å². The van der Waals surface area contributed by atoms with Gasteiger partial charge in [0.1, 0.15) is 29.3 Å². The summed E-state index contributed by atoms with van der Waals surface area (Å²) in [5.74, 6) is 0.861. The molecule has 196 valence electrons. The fourth-order valence-electron chi connectivity index (χ4n) is 5.92. The summed E-state index contributed by atoms with van der Waals surface area (Å²) in [6.07, 6.45) is -0.424. The maximum absolute atomic E-state index is 6.46. The molecule has 0 saturated heterocycles. The van der Waals surface area contributed by atoms with Gasteiger partial charge in [-0.2, -0.15) is 0 Å². The second kappa shape index (κ2) is 9.77. The van der Waals surface area contributed by atoms with Crippen LogP contribution in [0.2, 0.25) is 0 Å². The Labute approximate surface area is 238 Å². The molecule has 1 aliphatic rings. The summed E-state index contributed by atoms with van der Waals surface area (Å²) < 4.78 is 6.46. The van der Waals surface area contributed by atoms with Crippen molar-refractivity contribution < 1.29 is 4.42 Å². The summed E-state index contributed by atoms with van der Waals surface area (Å²) in [7, 11) is 0. The molecule has 7 aromatic rings.